The number of imidazole rings is 1. The summed E-state index contributed by atoms with van der Waals surface area (Å²) in [7, 11) is 3.44. The number of hydrogen-bond donors (Lipinski definition) is 0. The van der Waals surface area contributed by atoms with Crippen molar-refractivity contribution in [2.24, 2.45) is 5.92 Å². The second kappa shape index (κ2) is 9.75. The number of rotatable bonds is 7. The van der Waals surface area contributed by atoms with Crippen LogP contribution in [-0.4, -0.2) is 60.9 Å². The van der Waals surface area contributed by atoms with E-state index in [4.69, 9.17) is 14.5 Å². The van der Waals surface area contributed by atoms with Crippen molar-refractivity contribution < 1.29 is 14.3 Å². The molecule has 6 nitrogen and oxygen atoms in total. The zero-order valence-corrected chi connectivity index (χ0v) is 19.0. The maximum absolute atomic E-state index is 12.8. The van der Waals surface area contributed by atoms with Crippen molar-refractivity contribution >= 4 is 5.91 Å². The van der Waals surface area contributed by atoms with Crippen LogP contribution in [-0.2, 0) is 21.4 Å². The average Bonchev–Trinajstić information content (AvgIpc) is 3.16. The van der Waals surface area contributed by atoms with Crippen molar-refractivity contribution in [3.8, 4) is 11.3 Å². The highest BCUT2D eigenvalue weighted by Gasteiger charge is 2.25. The Kier molecular flexibility index (Phi) is 7.32. The topological polar surface area (TPSA) is 56.6 Å². The Morgan fingerprint density at radius 1 is 1.30 bits per heavy atom. The van der Waals surface area contributed by atoms with Crippen LogP contribution < -0.4 is 0 Å². The van der Waals surface area contributed by atoms with E-state index in [1.54, 1.807) is 19.1 Å². The van der Waals surface area contributed by atoms with Crippen LogP contribution >= 0.6 is 0 Å². The Morgan fingerprint density at radius 3 is 2.70 bits per heavy atom. The van der Waals surface area contributed by atoms with Gasteiger partial charge in [-0.1, -0.05) is 32.9 Å². The van der Waals surface area contributed by atoms with Gasteiger partial charge in [0.05, 0.1) is 12.3 Å². The van der Waals surface area contributed by atoms with Crippen molar-refractivity contribution in [2.45, 2.75) is 45.6 Å². The summed E-state index contributed by atoms with van der Waals surface area (Å²) in [5, 5.41) is 0. The minimum Gasteiger partial charge on any atom is -0.383 e. The van der Waals surface area contributed by atoms with E-state index >= 15 is 0 Å². The molecule has 164 valence electrons. The van der Waals surface area contributed by atoms with Crippen molar-refractivity contribution in [3.63, 3.8) is 0 Å². The fraction of sp³-hybridized carbons (Fsp3) is 0.583. The Morgan fingerprint density at radius 2 is 2.03 bits per heavy atom. The molecule has 1 aromatic heterocycles. The van der Waals surface area contributed by atoms with Gasteiger partial charge in [-0.15, -0.1) is 0 Å². The molecule has 1 aromatic carbocycles. The van der Waals surface area contributed by atoms with E-state index in [2.05, 4.69) is 31.5 Å². The van der Waals surface area contributed by atoms with E-state index in [0.717, 1.165) is 49.7 Å². The second-order valence-electron chi connectivity index (χ2n) is 9.21. The van der Waals surface area contributed by atoms with Gasteiger partial charge in [0.25, 0.3) is 5.91 Å². The third-order valence-corrected chi connectivity index (χ3v) is 5.63. The molecule has 0 radical (unpaired) electrons. The molecule has 0 N–H and O–H groups in total. The van der Waals surface area contributed by atoms with Crippen LogP contribution in [0.5, 0.6) is 0 Å². The lowest BCUT2D eigenvalue weighted by molar-refractivity contribution is 0.0607. The summed E-state index contributed by atoms with van der Waals surface area (Å²) in [5.41, 5.74) is 2.50. The lowest BCUT2D eigenvalue weighted by Gasteiger charge is -2.25. The van der Waals surface area contributed by atoms with E-state index < -0.39 is 0 Å². The summed E-state index contributed by atoms with van der Waals surface area (Å²) >= 11 is 0. The highest BCUT2D eigenvalue weighted by atomic mass is 16.5. The van der Waals surface area contributed by atoms with Crippen molar-refractivity contribution in [2.75, 3.05) is 40.5 Å². The zero-order chi connectivity index (χ0) is 21.7. The Hall–Kier alpha value is -2.18. The molecule has 1 aliphatic heterocycles. The molecule has 2 aromatic rings. The highest BCUT2D eigenvalue weighted by molar-refractivity contribution is 5.95. The third-order valence-electron chi connectivity index (χ3n) is 5.63. The molecule has 3 rings (SSSR count). The summed E-state index contributed by atoms with van der Waals surface area (Å²) in [6.45, 7) is 10.3. The lowest BCUT2D eigenvalue weighted by atomic mass is 9.94. The lowest BCUT2D eigenvalue weighted by Crippen LogP contribution is -2.29. The quantitative estimate of drug-likeness (QED) is 0.689. The van der Waals surface area contributed by atoms with Crippen LogP contribution in [0.3, 0.4) is 0 Å². The summed E-state index contributed by atoms with van der Waals surface area (Å²) in [6, 6.07) is 7.76. The predicted molar refractivity (Wildman–Crippen MR) is 119 cm³/mol. The monoisotopic (exact) mass is 413 g/mol. The molecule has 1 fully saturated rings. The zero-order valence-electron chi connectivity index (χ0n) is 19.0. The number of likely N-dealkylation sites (N-methyl/N-ethyl adjacent to an activating group) is 1. The SMILES string of the molecule is COCCN(C)C(=O)c1cccc(-c2cn(CC3CCOCC3)c(C(C)(C)C)n2)c1. The molecule has 0 spiro atoms. The Bertz CT molecular complexity index is 848. The van der Waals surface area contributed by atoms with Crippen LogP contribution in [0.15, 0.2) is 30.5 Å². The van der Waals surface area contributed by atoms with Gasteiger partial charge < -0.3 is 18.9 Å². The minimum atomic E-state index is -0.0583. The largest absolute Gasteiger partial charge is 0.383 e. The second-order valence-corrected chi connectivity index (χ2v) is 9.21. The molecule has 0 bridgehead atoms. The Balaban J connectivity index is 1.87. The highest BCUT2D eigenvalue weighted by Crippen LogP contribution is 2.29. The molecule has 30 heavy (non-hydrogen) atoms. The van der Waals surface area contributed by atoms with Crippen molar-refractivity contribution in [1.82, 2.24) is 14.5 Å². The number of methoxy groups -OCH3 is 1. The van der Waals surface area contributed by atoms with E-state index in [-0.39, 0.29) is 11.3 Å². The fourth-order valence-corrected chi connectivity index (χ4v) is 3.86. The number of aromatic nitrogens is 2. The number of ether oxygens (including phenoxy) is 2. The molecule has 0 unspecified atom stereocenters. The fourth-order valence-electron chi connectivity index (χ4n) is 3.86. The minimum absolute atomic E-state index is 0.00779. The van der Waals surface area contributed by atoms with Gasteiger partial charge in [0, 0.05) is 63.2 Å². The van der Waals surface area contributed by atoms with E-state index in [0.29, 0.717) is 24.6 Å². The molecule has 0 aliphatic carbocycles. The van der Waals surface area contributed by atoms with Crippen molar-refractivity contribution in [3.05, 3.63) is 41.9 Å². The van der Waals surface area contributed by atoms with Gasteiger partial charge in [-0.05, 0) is 30.9 Å². The van der Waals surface area contributed by atoms with Gasteiger partial charge in [0.1, 0.15) is 5.82 Å². The molecular weight excluding hydrogens is 378 g/mol. The maximum Gasteiger partial charge on any atom is 0.253 e. The van der Waals surface area contributed by atoms with E-state index in [9.17, 15) is 4.79 Å². The molecule has 1 saturated heterocycles. The summed E-state index contributed by atoms with van der Waals surface area (Å²) < 4.78 is 12.9. The van der Waals surface area contributed by atoms with Gasteiger partial charge in [-0.25, -0.2) is 4.98 Å². The van der Waals surface area contributed by atoms with Crippen LogP contribution in [0.4, 0.5) is 0 Å². The summed E-state index contributed by atoms with van der Waals surface area (Å²) in [6.07, 6.45) is 4.33. The van der Waals surface area contributed by atoms with Gasteiger partial charge in [0.15, 0.2) is 0 Å². The first-order valence-electron chi connectivity index (χ1n) is 10.8. The first-order valence-corrected chi connectivity index (χ1v) is 10.8. The average molecular weight is 414 g/mol. The first-order chi connectivity index (χ1) is 14.3. The molecule has 0 saturated carbocycles. The van der Waals surface area contributed by atoms with Crippen LogP contribution in [0, 0.1) is 5.92 Å². The van der Waals surface area contributed by atoms with E-state index in [1.165, 1.54) is 0 Å². The molecular formula is C24H35N3O3. The number of carbonyl (C=O) groups is 1. The van der Waals surface area contributed by atoms with Crippen LogP contribution in [0.1, 0.15) is 49.8 Å². The third kappa shape index (κ3) is 5.49. The predicted octanol–water partition coefficient (Wildman–Crippen LogP) is 3.99. The molecule has 1 amide bonds. The Labute approximate surface area is 180 Å². The van der Waals surface area contributed by atoms with Gasteiger partial charge in [0.2, 0.25) is 0 Å². The van der Waals surface area contributed by atoms with Gasteiger partial charge in [-0.2, -0.15) is 0 Å². The number of nitrogens with zero attached hydrogens (tertiary/aromatic N) is 3. The first kappa shape index (κ1) is 22.5. The number of amides is 1. The van der Waals surface area contributed by atoms with Gasteiger partial charge >= 0.3 is 0 Å². The van der Waals surface area contributed by atoms with Crippen LogP contribution in [0.25, 0.3) is 11.3 Å². The maximum atomic E-state index is 12.8. The molecule has 0 atom stereocenters. The normalized spacial score (nSPS) is 15.4. The van der Waals surface area contributed by atoms with Crippen molar-refractivity contribution in [1.29, 1.82) is 0 Å². The smallest absolute Gasteiger partial charge is 0.253 e. The summed E-state index contributed by atoms with van der Waals surface area (Å²) in [4.78, 5) is 19.4. The van der Waals surface area contributed by atoms with Gasteiger partial charge in [-0.3, -0.25) is 4.79 Å². The standard InChI is InChI=1S/C24H35N3O3/c1-24(2,3)23-25-21(17-27(23)16-18-9-12-30-13-10-18)19-7-6-8-20(15-19)22(28)26(4)11-14-29-5/h6-8,15,17-18H,9-14,16H2,1-5H3. The summed E-state index contributed by atoms with van der Waals surface area (Å²) in [5.74, 6) is 1.69. The number of hydrogen-bond acceptors (Lipinski definition) is 4. The van der Waals surface area contributed by atoms with E-state index in [1.807, 2.05) is 24.3 Å². The number of benzene rings is 1. The number of carbonyl (C=O) groups excluding carboxylic acids is 1. The van der Waals surface area contributed by atoms with Crippen LogP contribution in [0.2, 0.25) is 0 Å². The molecule has 1 aliphatic rings. The molecule has 2 heterocycles. The molecule has 6 heteroatoms.